The van der Waals surface area contributed by atoms with Crippen LogP contribution in [-0.2, 0) is 6.42 Å². The van der Waals surface area contributed by atoms with Gasteiger partial charge in [-0.05, 0) is 43.5 Å². The summed E-state index contributed by atoms with van der Waals surface area (Å²) in [4.78, 5) is 0. The van der Waals surface area contributed by atoms with Crippen LogP contribution in [0.1, 0.15) is 23.1 Å². The van der Waals surface area contributed by atoms with Gasteiger partial charge in [0.25, 0.3) is 0 Å². The highest BCUT2D eigenvalue weighted by Gasteiger charge is 2.10. The summed E-state index contributed by atoms with van der Waals surface area (Å²) in [6.07, 6.45) is 0.142. The molecule has 2 heteroatoms. The summed E-state index contributed by atoms with van der Waals surface area (Å²) in [5.41, 5.74) is 8.79. The van der Waals surface area contributed by atoms with E-state index in [1.165, 1.54) is 11.1 Å². The molecular weight excluding hydrogens is 177 g/mol. The Morgan fingerprint density at radius 3 is 2.36 bits per heavy atom. The summed E-state index contributed by atoms with van der Waals surface area (Å²) in [5.74, 6) is 0. The smallest absolute Gasteiger partial charge is 0.105 e. The van der Waals surface area contributed by atoms with E-state index in [0.29, 0.717) is 19.4 Å². The lowest BCUT2D eigenvalue weighted by molar-refractivity contribution is 0.316. The zero-order valence-corrected chi connectivity index (χ0v) is 8.89. The molecule has 1 aromatic rings. The number of nitrogens with two attached hydrogens (primary N) is 1. The van der Waals surface area contributed by atoms with Crippen LogP contribution in [0, 0.1) is 13.8 Å². The minimum absolute atomic E-state index is 0.423. The molecule has 0 aromatic heterocycles. The second kappa shape index (κ2) is 5.11. The van der Waals surface area contributed by atoms with Crippen LogP contribution >= 0.6 is 0 Å². The van der Waals surface area contributed by atoms with Gasteiger partial charge in [0.2, 0.25) is 0 Å². The molecule has 0 saturated heterocycles. The Bertz CT molecular complexity index is 276. The Morgan fingerprint density at radius 1 is 1.29 bits per heavy atom. The molecule has 0 aliphatic heterocycles. The third kappa shape index (κ3) is 2.81. The fourth-order valence-electron chi connectivity index (χ4n) is 1.68. The van der Waals surface area contributed by atoms with Gasteiger partial charge in [-0.25, -0.2) is 4.39 Å². The van der Waals surface area contributed by atoms with Gasteiger partial charge < -0.3 is 5.73 Å². The van der Waals surface area contributed by atoms with Crippen LogP contribution in [0.3, 0.4) is 0 Å². The lowest BCUT2D eigenvalue weighted by atomic mass is 9.97. The van der Waals surface area contributed by atoms with Crippen molar-refractivity contribution in [3.05, 3.63) is 34.9 Å². The van der Waals surface area contributed by atoms with Crippen LogP contribution in [0.15, 0.2) is 18.2 Å². The van der Waals surface area contributed by atoms with E-state index in [9.17, 15) is 4.39 Å². The molecular formula is C12H18FN. The highest BCUT2D eigenvalue weighted by molar-refractivity contribution is 5.33. The van der Waals surface area contributed by atoms with E-state index in [2.05, 4.69) is 0 Å². The SMILES string of the molecule is Cc1cccc(C)c1CC(F)CCN. The zero-order chi connectivity index (χ0) is 10.6. The number of benzene rings is 1. The van der Waals surface area contributed by atoms with Gasteiger partial charge in [-0.3, -0.25) is 0 Å². The molecule has 14 heavy (non-hydrogen) atoms. The summed E-state index contributed by atoms with van der Waals surface area (Å²) in [6, 6.07) is 6.05. The molecule has 1 aromatic carbocycles. The lowest BCUT2D eigenvalue weighted by Gasteiger charge is -2.12. The van der Waals surface area contributed by atoms with E-state index >= 15 is 0 Å². The van der Waals surface area contributed by atoms with Gasteiger partial charge in [-0.2, -0.15) is 0 Å². The molecule has 2 N–H and O–H groups in total. The fourth-order valence-corrected chi connectivity index (χ4v) is 1.68. The third-order valence-corrected chi connectivity index (χ3v) is 2.55. The molecule has 0 aliphatic rings. The Hall–Kier alpha value is -0.890. The van der Waals surface area contributed by atoms with E-state index in [-0.39, 0.29) is 0 Å². The average molecular weight is 195 g/mol. The molecule has 1 unspecified atom stereocenters. The van der Waals surface area contributed by atoms with Crippen molar-refractivity contribution >= 4 is 0 Å². The molecule has 0 aliphatic carbocycles. The number of alkyl halides is 1. The van der Waals surface area contributed by atoms with Crippen molar-refractivity contribution in [2.45, 2.75) is 32.9 Å². The van der Waals surface area contributed by atoms with Gasteiger partial charge in [0.05, 0.1) is 0 Å². The maximum absolute atomic E-state index is 13.4. The maximum atomic E-state index is 13.4. The highest BCUT2D eigenvalue weighted by Crippen LogP contribution is 2.17. The third-order valence-electron chi connectivity index (χ3n) is 2.55. The minimum Gasteiger partial charge on any atom is -0.330 e. The van der Waals surface area contributed by atoms with Crippen molar-refractivity contribution in [3.8, 4) is 0 Å². The predicted octanol–water partition coefficient (Wildman–Crippen LogP) is 2.53. The van der Waals surface area contributed by atoms with Crippen molar-refractivity contribution < 1.29 is 4.39 Å². The van der Waals surface area contributed by atoms with Crippen LogP contribution in [0.25, 0.3) is 0 Å². The van der Waals surface area contributed by atoms with E-state index in [1.807, 2.05) is 32.0 Å². The van der Waals surface area contributed by atoms with Gasteiger partial charge in [0, 0.05) is 6.42 Å². The normalized spacial score (nSPS) is 12.9. The van der Waals surface area contributed by atoms with Crippen molar-refractivity contribution in [1.82, 2.24) is 0 Å². The second-order valence-corrected chi connectivity index (χ2v) is 3.75. The summed E-state index contributed by atoms with van der Waals surface area (Å²) in [5, 5.41) is 0. The Labute approximate surface area is 85.1 Å². The Morgan fingerprint density at radius 2 is 1.86 bits per heavy atom. The summed E-state index contributed by atoms with van der Waals surface area (Å²) in [7, 11) is 0. The topological polar surface area (TPSA) is 26.0 Å². The number of aryl methyl sites for hydroxylation is 2. The summed E-state index contributed by atoms with van der Waals surface area (Å²) < 4.78 is 13.4. The molecule has 0 saturated carbocycles. The van der Waals surface area contributed by atoms with E-state index in [4.69, 9.17) is 5.73 Å². The van der Waals surface area contributed by atoms with Gasteiger partial charge in [0.15, 0.2) is 0 Å². The summed E-state index contributed by atoms with van der Waals surface area (Å²) in [6.45, 7) is 4.47. The monoisotopic (exact) mass is 195 g/mol. The molecule has 0 bridgehead atoms. The van der Waals surface area contributed by atoms with Crippen molar-refractivity contribution in [2.75, 3.05) is 6.54 Å². The molecule has 78 valence electrons. The largest absolute Gasteiger partial charge is 0.330 e. The predicted molar refractivity (Wildman–Crippen MR) is 58.2 cm³/mol. The minimum atomic E-state index is -0.806. The van der Waals surface area contributed by atoms with Crippen molar-refractivity contribution in [2.24, 2.45) is 5.73 Å². The molecule has 1 rings (SSSR count). The number of halogens is 1. The van der Waals surface area contributed by atoms with Crippen molar-refractivity contribution in [1.29, 1.82) is 0 Å². The van der Waals surface area contributed by atoms with Crippen LogP contribution in [0.5, 0.6) is 0 Å². The van der Waals surface area contributed by atoms with Crippen LogP contribution in [-0.4, -0.2) is 12.7 Å². The molecule has 0 spiro atoms. The van der Waals surface area contributed by atoms with Crippen molar-refractivity contribution in [3.63, 3.8) is 0 Å². The summed E-state index contributed by atoms with van der Waals surface area (Å²) >= 11 is 0. The molecule has 1 nitrogen and oxygen atoms in total. The van der Waals surface area contributed by atoms with Crippen LogP contribution in [0.4, 0.5) is 4.39 Å². The molecule has 0 heterocycles. The number of rotatable bonds is 4. The Balaban J connectivity index is 2.75. The molecule has 0 radical (unpaired) electrons. The Kier molecular flexibility index (Phi) is 4.08. The standard InChI is InChI=1S/C12H18FN/c1-9-4-3-5-10(2)12(9)8-11(13)6-7-14/h3-5,11H,6-8,14H2,1-2H3. The van der Waals surface area contributed by atoms with E-state index in [0.717, 1.165) is 5.56 Å². The molecule has 0 amide bonds. The first-order valence-electron chi connectivity index (χ1n) is 5.04. The van der Waals surface area contributed by atoms with Crippen LogP contribution < -0.4 is 5.73 Å². The first-order valence-corrected chi connectivity index (χ1v) is 5.04. The van der Waals surface area contributed by atoms with Gasteiger partial charge in [0.1, 0.15) is 6.17 Å². The van der Waals surface area contributed by atoms with Crippen LogP contribution in [0.2, 0.25) is 0 Å². The highest BCUT2D eigenvalue weighted by atomic mass is 19.1. The molecule has 1 atom stereocenters. The fraction of sp³-hybridized carbons (Fsp3) is 0.500. The quantitative estimate of drug-likeness (QED) is 0.785. The van der Waals surface area contributed by atoms with Gasteiger partial charge in [-0.1, -0.05) is 18.2 Å². The first kappa shape index (κ1) is 11.2. The average Bonchev–Trinajstić information content (AvgIpc) is 2.12. The second-order valence-electron chi connectivity index (χ2n) is 3.75. The maximum Gasteiger partial charge on any atom is 0.105 e. The zero-order valence-electron chi connectivity index (χ0n) is 8.89. The number of hydrogen-bond donors (Lipinski definition) is 1. The number of hydrogen-bond acceptors (Lipinski definition) is 1. The van der Waals surface area contributed by atoms with Gasteiger partial charge in [-0.15, -0.1) is 0 Å². The van der Waals surface area contributed by atoms with E-state index < -0.39 is 6.17 Å². The van der Waals surface area contributed by atoms with Gasteiger partial charge >= 0.3 is 0 Å². The first-order chi connectivity index (χ1) is 6.65. The van der Waals surface area contributed by atoms with E-state index in [1.54, 1.807) is 0 Å². The lowest BCUT2D eigenvalue weighted by Crippen LogP contribution is -2.13. The molecule has 0 fully saturated rings.